The predicted octanol–water partition coefficient (Wildman–Crippen LogP) is 2.87. The van der Waals surface area contributed by atoms with Gasteiger partial charge in [-0.05, 0) is 44.9 Å². The first-order chi connectivity index (χ1) is 11.1. The molecule has 1 aromatic carbocycles. The Morgan fingerprint density at radius 1 is 1.33 bits per heavy atom. The molecule has 1 aliphatic heterocycles. The molecule has 1 N–H and O–H groups in total. The zero-order valence-corrected chi connectivity index (χ0v) is 16.5. The number of amides is 1. The van der Waals surface area contributed by atoms with Crippen molar-refractivity contribution in [1.29, 1.82) is 0 Å². The van der Waals surface area contributed by atoms with Crippen molar-refractivity contribution in [3.63, 3.8) is 0 Å². The second-order valence-electron chi connectivity index (χ2n) is 6.77. The van der Waals surface area contributed by atoms with Crippen LogP contribution in [0.5, 0.6) is 0 Å². The van der Waals surface area contributed by atoms with Gasteiger partial charge in [-0.25, -0.2) is 13.2 Å². The van der Waals surface area contributed by atoms with Crippen LogP contribution in [0.15, 0.2) is 29.2 Å². The predicted molar refractivity (Wildman–Crippen MR) is 95.6 cm³/mol. The number of nitrogens with one attached hydrogen (secondary N) is 1. The second-order valence-corrected chi connectivity index (χ2v) is 9.27. The summed E-state index contributed by atoms with van der Waals surface area (Å²) in [6, 6.07) is 6.56. The van der Waals surface area contributed by atoms with Crippen LogP contribution in [0, 0.1) is 0 Å². The molecule has 1 heterocycles. The molecule has 1 fully saturated rings. The van der Waals surface area contributed by atoms with Gasteiger partial charge < -0.3 is 10.1 Å². The average Bonchev–Trinajstić information content (AvgIpc) is 2.94. The Morgan fingerprint density at radius 2 is 1.96 bits per heavy atom. The van der Waals surface area contributed by atoms with Gasteiger partial charge in [0.05, 0.1) is 4.90 Å². The van der Waals surface area contributed by atoms with Gasteiger partial charge in [0.15, 0.2) is 0 Å². The zero-order valence-electron chi connectivity index (χ0n) is 14.1. The molecule has 1 aliphatic rings. The topological polar surface area (TPSA) is 75.7 Å². The summed E-state index contributed by atoms with van der Waals surface area (Å²) in [7, 11) is -3.54. The lowest BCUT2D eigenvalue weighted by molar-refractivity contribution is 0.0507. The lowest BCUT2D eigenvalue weighted by atomic mass is 10.2. The molecule has 2 rings (SSSR count). The fraction of sp³-hybridized carbons (Fsp3) is 0.562. The third-order valence-electron chi connectivity index (χ3n) is 3.59. The average molecular weight is 419 g/mol. The standard InChI is InChI=1S/C16H23BrN2O4S/c1-16(2,3)23-15(20)18-13-8-9-19(11-13)24(21,22)14-6-4-12(10-17)5-7-14/h4-7,13H,8-11H2,1-3H3,(H,18,20). The molecule has 0 saturated carbocycles. The number of hydrogen-bond acceptors (Lipinski definition) is 4. The molecule has 0 radical (unpaired) electrons. The Hall–Kier alpha value is -1.12. The van der Waals surface area contributed by atoms with Gasteiger partial charge >= 0.3 is 6.09 Å². The molecule has 8 heteroatoms. The number of nitrogens with zero attached hydrogens (tertiary/aromatic N) is 1. The molecule has 1 atom stereocenters. The third kappa shape index (κ3) is 4.94. The summed E-state index contributed by atoms with van der Waals surface area (Å²) in [6.45, 7) is 5.99. The van der Waals surface area contributed by atoms with Crippen molar-refractivity contribution in [3.05, 3.63) is 29.8 Å². The number of benzene rings is 1. The molecule has 1 saturated heterocycles. The molecule has 24 heavy (non-hydrogen) atoms. The van der Waals surface area contributed by atoms with E-state index in [0.717, 1.165) is 5.56 Å². The number of carbonyl (C=O) groups is 1. The normalized spacial score (nSPS) is 19.2. The number of rotatable bonds is 4. The van der Waals surface area contributed by atoms with Crippen LogP contribution in [0.4, 0.5) is 4.79 Å². The first-order valence-corrected chi connectivity index (χ1v) is 10.3. The molecule has 6 nitrogen and oxygen atoms in total. The summed E-state index contributed by atoms with van der Waals surface area (Å²) < 4.78 is 31.9. The Kier molecular flexibility index (Phi) is 5.93. The largest absolute Gasteiger partial charge is 0.444 e. The molecule has 1 amide bonds. The van der Waals surface area contributed by atoms with Crippen LogP contribution in [-0.2, 0) is 20.1 Å². The van der Waals surface area contributed by atoms with Crippen LogP contribution < -0.4 is 5.32 Å². The number of alkyl carbamates (subject to hydrolysis) is 1. The van der Waals surface area contributed by atoms with Gasteiger partial charge in [-0.2, -0.15) is 4.31 Å². The smallest absolute Gasteiger partial charge is 0.407 e. The van der Waals surface area contributed by atoms with Gasteiger partial charge in [-0.1, -0.05) is 28.1 Å². The number of carbonyl (C=O) groups excluding carboxylic acids is 1. The summed E-state index contributed by atoms with van der Waals surface area (Å²) in [5.74, 6) is 0. The van der Waals surface area contributed by atoms with E-state index < -0.39 is 21.7 Å². The highest BCUT2D eigenvalue weighted by Crippen LogP contribution is 2.22. The molecule has 1 unspecified atom stereocenters. The van der Waals surface area contributed by atoms with Crippen LogP contribution in [-0.4, -0.2) is 43.5 Å². The Morgan fingerprint density at radius 3 is 2.50 bits per heavy atom. The van der Waals surface area contributed by atoms with Gasteiger partial charge in [-0.15, -0.1) is 0 Å². The maximum atomic E-state index is 12.7. The van der Waals surface area contributed by atoms with E-state index in [4.69, 9.17) is 4.74 Å². The Balaban J connectivity index is 1.99. The van der Waals surface area contributed by atoms with Crippen molar-refractivity contribution < 1.29 is 17.9 Å². The molecule has 134 valence electrons. The van der Waals surface area contributed by atoms with Crippen LogP contribution in [0.3, 0.4) is 0 Å². The number of alkyl halides is 1. The summed E-state index contributed by atoms with van der Waals surface area (Å²) in [5, 5.41) is 3.41. The van der Waals surface area contributed by atoms with Crippen molar-refractivity contribution in [2.45, 2.75) is 49.1 Å². The minimum atomic E-state index is -3.54. The first kappa shape index (κ1) is 19.2. The van der Waals surface area contributed by atoms with Gasteiger partial charge in [0, 0.05) is 24.5 Å². The molecule has 0 bridgehead atoms. The number of sulfonamides is 1. The lowest BCUT2D eigenvalue weighted by Crippen LogP contribution is -2.41. The zero-order chi connectivity index (χ0) is 18.0. The third-order valence-corrected chi connectivity index (χ3v) is 6.11. The summed E-state index contributed by atoms with van der Waals surface area (Å²) in [4.78, 5) is 12.1. The maximum absolute atomic E-state index is 12.7. The lowest BCUT2D eigenvalue weighted by Gasteiger charge is -2.22. The van der Waals surface area contributed by atoms with Crippen LogP contribution >= 0.6 is 15.9 Å². The van der Waals surface area contributed by atoms with Gasteiger partial charge in [0.25, 0.3) is 0 Å². The second kappa shape index (κ2) is 7.41. The van der Waals surface area contributed by atoms with E-state index in [-0.39, 0.29) is 17.5 Å². The number of hydrogen-bond donors (Lipinski definition) is 1. The van der Waals surface area contributed by atoms with E-state index in [1.54, 1.807) is 45.0 Å². The monoisotopic (exact) mass is 418 g/mol. The van der Waals surface area contributed by atoms with E-state index in [1.807, 2.05) is 0 Å². The van der Waals surface area contributed by atoms with Crippen molar-refractivity contribution in [1.82, 2.24) is 9.62 Å². The Bertz CT molecular complexity index is 683. The highest BCUT2D eigenvalue weighted by Gasteiger charge is 2.33. The molecular weight excluding hydrogens is 396 g/mol. The Labute approximate surface area is 151 Å². The molecular formula is C16H23BrN2O4S. The van der Waals surface area contributed by atoms with Gasteiger partial charge in [0.2, 0.25) is 10.0 Å². The fourth-order valence-electron chi connectivity index (χ4n) is 2.44. The minimum absolute atomic E-state index is 0.239. The van der Waals surface area contributed by atoms with Gasteiger partial charge in [-0.3, -0.25) is 0 Å². The SMILES string of the molecule is CC(C)(C)OC(=O)NC1CCN(S(=O)(=O)c2ccc(CBr)cc2)C1. The number of halogens is 1. The van der Waals surface area contributed by atoms with Crippen LogP contribution in [0.25, 0.3) is 0 Å². The molecule has 0 spiro atoms. The molecule has 1 aromatic rings. The minimum Gasteiger partial charge on any atom is -0.444 e. The van der Waals surface area contributed by atoms with E-state index >= 15 is 0 Å². The van der Waals surface area contributed by atoms with Crippen molar-refractivity contribution in [2.24, 2.45) is 0 Å². The molecule has 0 aromatic heterocycles. The molecule has 0 aliphatic carbocycles. The van der Waals surface area contributed by atoms with Crippen molar-refractivity contribution in [2.75, 3.05) is 13.1 Å². The summed E-state index contributed by atoms with van der Waals surface area (Å²) in [6.07, 6.45) is 0.0474. The van der Waals surface area contributed by atoms with Crippen LogP contribution in [0.2, 0.25) is 0 Å². The van der Waals surface area contributed by atoms with Crippen molar-refractivity contribution >= 4 is 32.0 Å². The number of ether oxygens (including phenoxy) is 1. The highest BCUT2D eigenvalue weighted by molar-refractivity contribution is 9.08. The van der Waals surface area contributed by atoms with Crippen LogP contribution in [0.1, 0.15) is 32.8 Å². The quantitative estimate of drug-likeness (QED) is 0.762. The first-order valence-electron chi connectivity index (χ1n) is 7.76. The van der Waals surface area contributed by atoms with E-state index in [9.17, 15) is 13.2 Å². The van der Waals surface area contributed by atoms with E-state index in [2.05, 4.69) is 21.2 Å². The van der Waals surface area contributed by atoms with Crippen molar-refractivity contribution in [3.8, 4) is 0 Å². The highest BCUT2D eigenvalue weighted by atomic mass is 79.9. The van der Waals surface area contributed by atoms with E-state index in [1.165, 1.54) is 4.31 Å². The summed E-state index contributed by atoms with van der Waals surface area (Å²) in [5.41, 5.74) is 0.436. The summed E-state index contributed by atoms with van der Waals surface area (Å²) >= 11 is 3.34. The maximum Gasteiger partial charge on any atom is 0.407 e. The fourth-order valence-corrected chi connectivity index (χ4v) is 4.31. The van der Waals surface area contributed by atoms with E-state index in [0.29, 0.717) is 18.3 Å². The van der Waals surface area contributed by atoms with Gasteiger partial charge in [0.1, 0.15) is 5.60 Å².